The molecule has 0 aliphatic carbocycles. The monoisotopic (exact) mass is 170 g/mol. The first-order valence-electron chi connectivity index (χ1n) is 3.99. The van der Waals surface area contributed by atoms with E-state index in [4.69, 9.17) is 10.8 Å². The van der Waals surface area contributed by atoms with Gasteiger partial charge in [0.25, 0.3) is 0 Å². The van der Waals surface area contributed by atoms with Gasteiger partial charge >= 0.3 is 0 Å². The zero-order chi connectivity index (χ0) is 8.97. The third kappa shape index (κ3) is 1.80. The minimum absolute atomic E-state index is 0.178. The normalized spacial score (nSPS) is 10.6. The molecule has 0 bridgehead atoms. The third-order valence-corrected chi connectivity index (χ3v) is 1.80. The van der Waals surface area contributed by atoms with Crippen molar-refractivity contribution < 1.29 is 5.11 Å². The minimum atomic E-state index is 0.178. The van der Waals surface area contributed by atoms with Gasteiger partial charge in [0.05, 0.1) is 11.4 Å². The van der Waals surface area contributed by atoms with E-state index in [1.54, 1.807) is 4.68 Å². The maximum Gasteiger partial charge on any atom is 0.0991 e. The van der Waals surface area contributed by atoms with Crippen LogP contribution in [0.15, 0.2) is 0 Å². The quantitative estimate of drug-likeness (QED) is 0.634. The van der Waals surface area contributed by atoms with Crippen LogP contribution in [0.4, 0.5) is 0 Å². The van der Waals surface area contributed by atoms with Gasteiger partial charge in [0.15, 0.2) is 0 Å². The first-order valence-corrected chi connectivity index (χ1v) is 3.99. The molecule has 12 heavy (non-hydrogen) atoms. The molecule has 0 unspecified atom stereocenters. The molecule has 1 aromatic heterocycles. The lowest BCUT2D eigenvalue weighted by molar-refractivity contribution is 0.275. The molecular weight excluding hydrogens is 156 g/mol. The van der Waals surface area contributed by atoms with Gasteiger partial charge in [-0.1, -0.05) is 5.21 Å². The Balaban J connectivity index is 2.66. The van der Waals surface area contributed by atoms with Gasteiger partial charge in [-0.2, -0.15) is 0 Å². The van der Waals surface area contributed by atoms with Gasteiger partial charge in [-0.25, -0.2) is 4.68 Å². The van der Waals surface area contributed by atoms with Gasteiger partial charge in [-0.3, -0.25) is 0 Å². The molecule has 0 aliphatic rings. The van der Waals surface area contributed by atoms with E-state index in [9.17, 15) is 0 Å². The summed E-state index contributed by atoms with van der Waals surface area (Å²) < 4.78 is 1.76. The molecule has 0 amide bonds. The van der Waals surface area contributed by atoms with Crippen LogP contribution in [-0.4, -0.2) is 26.7 Å². The van der Waals surface area contributed by atoms with E-state index in [-0.39, 0.29) is 6.61 Å². The van der Waals surface area contributed by atoms with Crippen LogP contribution in [-0.2, 0) is 13.1 Å². The highest BCUT2D eigenvalue weighted by Gasteiger charge is 2.04. The number of aliphatic hydroxyl groups excluding tert-OH is 1. The lowest BCUT2D eigenvalue weighted by atomic mass is 10.3. The second-order valence-electron chi connectivity index (χ2n) is 2.63. The molecule has 0 saturated heterocycles. The molecule has 0 atom stereocenters. The van der Waals surface area contributed by atoms with Gasteiger partial charge in [0.2, 0.25) is 0 Å². The van der Waals surface area contributed by atoms with Crippen LogP contribution in [0, 0.1) is 6.92 Å². The van der Waals surface area contributed by atoms with Crippen molar-refractivity contribution in [3.63, 3.8) is 0 Å². The molecule has 0 radical (unpaired) electrons. The predicted molar refractivity (Wildman–Crippen MR) is 44.4 cm³/mol. The van der Waals surface area contributed by atoms with Crippen molar-refractivity contribution in [1.29, 1.82) is 0 Å². The molecule has 3 N–H and O–H groups in total. The number of aliphatic hydroxyl groups is 1. The lowest BCUT2D eigenvalue weighted by Gasteiger charge is -2.00. The van der Waals surface area contributed by atoms with Crippen LogP contribution in [0.2, 0.25) is 0 Å². The highest BCUT2D eigenvalue weighted by Crippen LogP contribution is 2.02. The third-order valence-electron chi connectivity index (χ3n) is 1.80. The molecule has 1 aromatic rings. The van der Waals surface area contributed by atoms with Crippen LogP contribution in [0.25, 0.3) is 0 Å². The van der Waals surface area contributed by atoms with Crippen LogP contribution in [0.1, 0.15) is 17.8 Å². The summed E-state index contributed by atoms with van der Waals surface area (Å²) in [7, 11) is 0. The van der Waals surface area contributed by atoms with Gasteiger partial charge in [-0.15, -0.1) is 5.10 Å². The van der Waals surface area contributed by atoms with Crippen molar-refractivity contribution in [2.75, 3.05) is 6.61 Å². The van der Waals surface area contributed by atoms with Gasteiger partial charge in [-0.05, 0) is 13.3 Å². The fourth-order valence-electron chi connectivity index (χ4n) is 1.02. The van der Waals surface area contributed by atoms with Crippen LogP contribution in [0.3, 0.4) is 0 Å². The first kappa shape index (κ1) is 9.15. The fourth-order valence-corrected chi connectivity index (χ4v) is 1.02. The van der Waals surface area contributed by atoms with E-state index in [1.165, 1.54) is 0 Å². The summed E-state index contributed by atoms with van der Waals surface area (Å²) in [6.07, 6.45) is 0.703. The van der Waals surface area contributed by atoms with Crippen molar-refractivity contribution in [3.8, 4) is 0 Å². The van der Waals surface area contributed by atoms with Crippen LogP contribution < -0.4 is 5.73 Å². The molecule has 0 aliphatic heterocycles. The highest BCUT2D eigenvalue weighted by molar-refractivity contribution is 5.06. The Kier molecular flexibility index (Phi) is 3.19. The molecule has 0 aromatic carbocycles. The maximum absolute atomic E-state index is 8.60. The van der Waals surface area contributed by atoms with E-state index in [2.05, 4.69) is 10.3 Å². The molecule has 1 heterocycles. The van der Waals surface area contributed by atoms with E-state index in [0.717, 1.165) is 11.4 Å². The second-order valence-corrected chi connectivity index (χ2v) is 2.63. The molecule has 5 heteroatoms. The molecule has 0 fully saturated rings. The smallest absolute Gasteiger partial charge is 0.0991 e. The lowest BCUT2D eigenvalue weighted by Crippen LogP contribution is -2.05. The summed E-state index contributed by atoms with van der Waals surface area (Å²) in [6, 6.07) is 0. The topological polar surface area (TPSA) is 77.0 Å². The highest BCUT2D eigenvalue weighted by atomic mass is 16.3. The number of aromatic nitrogens is 3. The average molecular weight is 170 g/mol. The molecule has 1 rings (SSSR count). The molecule has 0 spiro atoms. The number of nitrogens with zero attached hydrogens (tertiary/aromatic N) is 3. The number of nitrogens with two attached hydrogens (primary N) is 1. The SMILES string of the molecule is Cc1c(CN)nnn1CCCO. The standard InChI is InChI=1S/C7H14N4O/c1-6-7(5-8)9-10-11(6)3-2-4-12/h12H,2-5,8H2,1H3. The number of hydrogen-bond donors (Lipinski definition) is 2. The summed E-state index contributed by atoms with van der Waals surface area (Å²) in [6.45, 7) is 3.23. The predicted octanol–water partition coefficient (Wildman–Crippen LogP) is -0.572. The zero-order valence-corrected chi connectivity index (χ0v) is 7.19. The van der Waals surface area contributed by atoms with Crippen molar-refractivity contribution in [1.82, 2.24) is 15.0 Å². The Morgan fingerprint density at radius 3 is 2.83 bits per heavy atom. The average Bonchev–Trinajstić information content (AvgIpc) is 2.43. The van der Waals surface area contributed by atoms with Crippen molar-refractivity contribution in [2.45, 2.75) is 26.4 Å². The van der Waals surface area contributed by atoms with Gasteiger partial charge in [0.1, 0.15) is 0 Å². The summed E-state index contributed by atoms with van der Waals surface area (Å²) in [5.74, 6) is 0. The van der Waals surface area contributed by atoms with E-state index < -0.39 is 0 Å². The summed E-state index contributed by atoms with van der Waals surface area (Å²) in [4.78, 5) is 0. The van der Waals surface area contributed by atoms with E-state index >= 15 is 0 Å². The Morgan fingerprint density at radius 2 is 2.33 bits per heavy atom. The van der Waals surface area contributed by atoms with Gasteiger partial charge in [0, 0.05) is 19.7 Å². The van der Waals surface area contributed by atoms with E-state index in [0.29, 0.717) is 19.5 Å². The van der Waals surface area contributed by atoms with Crippen LogP contribution in [0.5, 0.6) is 0 Å². The summed E-state index contributed by atoms with van der Waals surface area (Å²) in [5, 5.41) is 16.4. The first-order chi connectivity index (χ1) is 5.79. The zero-order valence-electron chi connectivity index (χ0n) is 7.19. The minimum Gasteiger partial charge on any atom is -0.396 e. The Bertz CT molecular complexity index is 246. The fraction of sp³-hybridized carbons (Fsp3) is 0.714. The van der Waals surface area contributed by atoms with Crippen LogP contribution >= 0.6 is 0 Å². The van der Waals surface area contributed by atoms with Crippen molar-refractivity contribution in [3.05, 3.63) is 11.4 Å². The Labute approximate surface area is 71.2 Å². The van der Waals surface area contributed by atoms with Crippen molar-refractivity contribution in [2.24, 2.45) is 5.73 Å². The Morgan fingerprint density at radius 1 is 1.58 bits per heavy atom. The number of rotatable bonds is 4. The molecule has 5 nitrogen and oxygen atoms in total. The second kappa shape index (κ2) is 4.18. The van der Waals surface area contributed by atoms with Gasteiger partial charge < -0.3 is 10.8 Å². The summed E-state index contributed by atoms with van der Waals surface area (Å²) >= 11 is 0. The maximum atomic E-state index is 8.60. The molecular formula is C7H14N4O. The van der Waals surface area contributed by atoms with Crippen molar-refractivity contribution >= 4 is 0 Å². The van der Waals surface area contributed by atoms with E-state index in [1.807, 2.05) is 6.92 Å². The number of aryl methyl sites for hydroxylation is 1. The Hall–Kier alpha value is -0.940. The number of hydrogen-bond acceptors (Lipinski definition) is 4. The summed E-state index contributed by atoms with van der Waals surface area (Å²) in [5.41, 5.74) is 7.25. The largest absolute Gasteiger partial charge is 0.396 e. The molecule has 0 saturated carbocycles. The molecule has 68 valence electrons.